The van der Waals surface area contributed by atoms with Crippen LogP contribution in [0.15, 0.2) is 6.07 Å². The van der Waals surface area contributed by atoms with Crippen molar-refractivity contribution in [3.05, 3.63) is 11.9 Å². The van der Waals surface area contributed by atoms with E-state index in [1.807, 2.05) is 20.0 Å². The molecule has 0 amide bonds. The van der Waals surface area contributed by atoms with E-state index in [0.717, 1.165) is 35.8 Å². The second-order valence-corrected chi connectivity index (χ2v) is 5.49. The third-order valence-electron chi connectivity index (χ3n) is 4.05. The Bertz CT molecular complexity index is 424. The predicted octanol–water partition coefficient (Wildman–Crippen LogP) is 2.90. The lowest BCUT2D eigenvalue weighted by Gasteiger charge is -2.17. The molecule has 20 heavy (non-hydrogen) atoms. The van der Waals surface area contributed by atoms with E-state index >= 15 is 0 Å². The summed E-state index contributed by atoms with van der Waals surface area (Å²) in [5.41, 5.74) is 0. The van der Waals surface area contributed by atoms with E-state index in [-0.39, 0.29) is 0 Å². The van der Waals surface area contributed by atoms with Crippen LogP contribution in [0, 0.1) is 11.8 Å². The van der Waals surface area contributed by atoms with Crippen LogP contribution in [0.25, 0.3) is 0 Å². The molecule has 1 heterocycles. The SMILES string of the molecule is CCOCc1nc(NC)cc(NCC2CCCC2C)n1. The third kappa shape index (κ3) is 4.07. The zero-order chi connectivity index (χ0) is 14.4. The number of nitrogens with zero attached hydrogens (tertiary/aromatic N) is 2. The normalized spacial score (nSPS) is 21.9. The molecule has 2 atom stereocenters. The van der Waals surface area contributed by atoms with Gasteiger partial charge in [-0.15, -0.1) is 0 Å². The van der Waals surface area contributed by atoms with Gasteiger partial charge in [-0.2, -0.15) is 0 Å². The van der Waals surface area contributed by atoms with Crippen molar-refractivity contribution >= 4 is 11.6 Å². The van der Waals surface area contributed by atoms with Crippen LogP contribution in [-0.4, -0.2) is 30.2 Å². The first-order valence-corrected chi connectivity index (χ1v) is 7.60. The highest BCUT2D eigenvalue weighted by atomic mass is 16.5. The Balaban J connectivity index is 1.98. The van der Waals surface area contributed by atoms with E-state index in [9.17, 15) is 0 Å². The molecular weight excluding hydrogens is 252 g/mol. The van der Waals surface area contributed by atoms with Gasteiger partial charge in [0, 0.05) is 26.3 Å². The summed E-state index contributed by atoms with van der Waals surface area (Å²) in [4.78, 5) is 8.91. The van der Waals surface area contributed by atoms with Crippen LogP contribution < -0.4 is 10.6 Å². The maximum atomic E-state index is 5.39. The lowest BCUT2D eigenvalue weighted by atomic mass is 9.98. The third-order valence-corrected chi connectivity index (χ3v) is 4.05. The molecule has 0 radical (unpaired) electrons. The topological polar surface area (TPSA) is 59.1 Å². The lowest BCUT2D eigenvalue weighted by molar-refractivity contribution is 0.128. The molecule has 5 nitrogen and oxygen atoms in total. The van der Waals surface area contributed by atoms with Gasteiger partial charge < -0.3 is 15.4 Å². The van der Waals surface area contributed by atoms with Gasteiger partial charge in [0.25, 0.3) is 0 Å². The first-order valence-electron chi connectivity index (χ1n) is 7.60. The summed E-state index contributed by atoms with van der Waals surface area (Å²) in [6, 6.07) is 1.95. The molecule has 5 heteroatoms. The van der Waals surface area contributed by atoms with Crippen LogP contribution in [0.3, 0.4) is 0 Å². The molecule has 1 aromatic heterocycles. The van der Waals surface area contributed by atoms with Crippen LogP contribution in [0.1, 0.15) is 38.9 Å². The lowest BCUT2D eigenvalue weighted by Crippen LogP contribution is -2.17. The Morgan fingerprint density at radius 2 is 2.10 bits per heavy atom. The van der Waals surface area contributed by atoms with Crippen LogP contribution >= 0.6 is 0 Å². The number of nitrogens with one attached hydrogen (secondary N) is 2. The summed E-state index contributed by atoms with van der Waals surface area (Å²) in [6.45, 7) is 6.45. The zero-order valence-electron chi connectivity index (χ0n) is 12.8. The van der Waals surface area contributed by atoms with Gasteiger partial charge in [-0.1, -0.05) is 19.8 Å². The molecule has 112 valence electrons. The summed E-state index contributed by atoms with van der Waals surface area (Å²) >= 11 is 0. The van der Waals surface area contributed by atoms with Crippen molar-refractivity contribution in [2.75, 3.05) is 30.8 Å². The van der Waals surface area contributed by atoms with Crippen molar-refractivity contribution in [1.82, 2.24) is 9.97 Å². The van der Waals surface area contributed by atoms with Crippen molar-refractivity contribution in [3.63, 3.8) is 0 Å². The van der Waals surface area contributed by atoms with Gasteiger partial charge in [-0.3, -0.25) is 0 Å². The van der Waals surface area contributed by atoms with E-state index in [1.165, 1.54) is 19.3 Å². The van der Waals surface area contributed by atoms with Gasteiger partial charge in [0.15, 0.2) is 5.82 Å². The minimum Gasteiger partial charge on any atom is -0.374 e. The van der Waals surface area contributed by atoms with Gasteiger partial charge in [0.2, 0.25) is 0 Å². The largest absolute Gasteiger partial charge is 0.374 e. The van der Waals surface area contributed by atoms with E-state index in [0.29, 0.717) is 13.2 Å². The monoisotopic (exact) mass is 278 g/mol. The Morgan fingerprint density at radius 1 is 1.30 bits per heavy atom. The molecule has 1 saturated carbocycles. The molecule has 1 aliphatic carbocycles. The first-order chi connectivity index (χ1) is 9.72. The maximum absolute atomic E-state index is 5.39. The Morgan fingerprint density at radius 3 is 2.75 bits per heavy atom. The number of aromatic nitrogens is 2. The highest BCUT2D eigenvalue weighted by Crippen LogP contribution is 2.31. The Kier molecular flexibility index (Phi) is 5.59. The van der Waals surface area contributed by atoms with Crippen molar-refractivity contribution in [2.45, 2.75) is 39.7 Å². The molecule has 0 bridgehead atoms. The number of rotatable bonds is 7. The Labute approximate surface area is 121 Å². The number of hydrogen-bond acceptors (Lipinski definition) is 5. The van der Waals surface area contributed by atoms with Gasteiger partial charge in [-0.25, -0.2) is 9.97 Å². The molecule has 2 rings (SSSR count). The summed E-state index contributed by atoms with van der Waals surface area (Å²) in [5.74, 6) is 4.02. The second kappa shape index (κ2) is 7.43. The fraction of sp³-hybridized carbons (Fsp3) is 0.733. The first kappa shape index (κ1) is 15.0. The molecule has 0 aromatic carbocycles. The fourth-order valence-corrected chi connectivity index (χ4v) is 2.73. The van der Waals surface area contributed by atoms with Crippen LogP contribution in [0.4, 0.5) is 11.6 Å². The minimum atomic E-state index is 0.459. The van der Waals surface area contributed by atoms with Crippen LogP contribution in [0.5, 0.6) is 0 Å². The molecule has 0 spiro atoms. The van der Waals surface area contributed by atoms with Crippen molar-refractivity contribution in [3.8, 4) is 0 Å². The van der Waals surface area contributed by atoms with Crippen molar-refractivity contribution < 1.29 is 4.74 Å². The summed E-state index contributed by atoms with van der Waals surface area (Å²) in [6.07, 6.45) is 4.03. The molecule has 2 unspecified atom stereocenters. The fourth-order valence-electron chi connectivity index (χ4n) is 2.73. The molecule has 0 aliphatic heterocycles. The van der Waals surface area contributed by atoms with Gasteiger partial charge >= 0.3 is 0 Å². The average molecular weight is 278 g/mol. The average Bonchev–Trinajstić information content (AvgIpc) is 2.88. The highest BCUT2D eigenvalue weighted by Gasteiger charge is 2.23. The van der Waals surface area contributed by atoms with E-state index in [2.05, 4.69) is 27.5 Å². The maximum Gasteiger partial charge on any atom is 0.158 e. The van der Waals surface area contributed by atoms with Gasteiger partial charge in [-0.05, 0) is 25.2 Å². The highest BCUT2D eigenvalue weighted by molar-refractivity contribution is 5.47. The van der Waals surface area contributed by atoms with Crippen molar-refractivity contribution in [2.24, 2.45) is 11.8 Å². The number of hydrogen-bond donors (Lipinski definition) is 2. The molecule has 2 N–H and O–H groups in total. The summed E-state index contributed by atoms with van der Waals surface area (Å²) < 4.78 is 5.39. The smallest absolute Gasteiger partial charge is 0.158 e. The Hall–Kier alpha value is -1.36. The van der Waals surface area contributed by atoms with Crippen LogP contribution in [0.2, 0.25) is 0 Å². The quantitative estimate of drug-likeness (QED) is 0.803. The van der Waals surface area contributed by atoms with E-state index < -0.39 is 0 Å². The van der Waals surface area contributed by atoms with Gasteiger partial charge in [0.05, 0.1) is 0 Å². The molecule has 1 fully saturated rings. The van der Waals surface area contributed by atoms with Crippen molar-refractivity contribution in [1.29, 1.82) is 0 Å². The predicted molar refractivity (Wildman–Crippen MR) is 81.9 cm³/mol. The molecule has 1 aromatic rings. The zero-order valence-corrected chi connectivity index (χ0v) is 12.8. The van der Waals surface area contributed by atoms with Crippen LogP contribution in [-0.2, 0) is 11.3 Å². The second-order valence-electron chi connectivity index (χ2n) is 5.49. The van der Waals surface area contributed by atoms with E-state index in [1.54, 1.807) is 0 Å². The standard InChI is InChI=1S/C15H26N4O/c1-4-20-10-15-18-13(16-3)8-14(19-15)17-9-12-7-5-6-11(12)2/h8,11-12H,4-7,9-10H2,1-3H3,(H2,16,17,18,19). The van der Waals surface area contributed by atoms with E-state index in [4.69, 9.17) is 4.74 Å². The summed E-state index contributed by atoms with van der Waals surface area (Å²) in [5, 5.41) is 6.54. The summed E-state index contributed by atoms with van der Waals surface area (Å²) in [7, 11) is 1.87. The number of anilines is 2. The molecule has 1 aliphatic rings. The number of ether oxygens (including phenoxy) is 1. The minimum absolute atomic E-state index is 0.459. The molecular formula is C15H26N4O. The van der Waals surface area contributed by atoms with Gasteiger partial charge in [0.1, 0.15) is 18.2 Å². The molecule has 0 saturated heterocycles.